The minimum absolute atomic E-state index is 0.160. The van der Waals surface area contributed by atoms with Gasteiger partial charge in [-0.2, -0.15) is 18.2 Å². The Kier molecular flexibility index (Phi) is 7.26. The van der Waals surface area contributed by atoms with Crippen molar-refractivity contribution in [1.82, 2.24) is 20.4 Å². The lowest BCUT2D eigenvalue weighted by Crippen LogP contribution is -2.47. The Morgan fingerprint density at radius 3 is 2.65 bits per heavy atom. The van der Waals surface area contributed by atoms with Crippen LogP contribution >= 0.6 is 0 Å². The molecule has 11 heteroatoms. The molecule has 0 radical (unpaired) electrons. The molecule has 170 valence electrons. The van der Waals surface area contributed by atoms with Crippen molar-refractivity contribution in [2.24, 2.45) is 0 Å². The summed E-state index contributed by atoms with van der Waals surface area (Å²) in [6, 6.07) is 5.70. The SMILES string of the molecule is CC(F)OC1CCCN(C[C@@H](C)NC(=O)c2ccc(-c3noc(C(F)(F)F)n3)cc2)C1. The van der Waals surface area contributed by atoms with Gasteiger partial charge in [-0.05, 0) is 45.4 Å². The maximum Gasteiger partial charge on any atom is 0.471 e. The molecule has 3 atom stereocenters. The number of benzene rings is 1. The highest BCUT2D eigenvalue weighted by Crippen LogP contribution is 2.29. The topological polar surface area (TPSA) is 80.5 Å². The second-order valence-electron chi connectivity index (χ2n) is 7.58. The first-order valence-electron chi connectivity index (χ1n) is 9.96. The summed E-state index contributed by atoms with van der Waals surface area (Å²) >= 11 is 0. The predicted molar refractivity (Wildman–Crippen MR) is 103 cm³/mol. The van der Waals surface area contributed by atoms with Gasteiger partial charge in [-0.3, -0.25) is 9.69 Å². The lowest BCUT2D eigenvalue weighted by molar-refractivity contribution is -0.159. The Morgan fingerprint density at radius 2 is 2.03 bits per heavy atom. The lowest BCUT2D eigenvalue weighted by atomic mass is 10.1. The maximum atomic E-state index is 13.1. The van der Waals surface area contributed by atoms with Gasteiger partial charge in [0, 0.05) is 30.3 Å². The van der Waals surface area contributed by atoms with Crippen LogP contribution < -0.4 is 5.32 Å². The molecule has 1 aliphatic rings. The summed E-state index contributed by atoms with van der Waals surface area (Å²) in [6.45, 7) is 5.27. The summed E-state index contributed by atoms with van der Waals surface area (Å²) in [7, 11) is 0. The highest BCUT2D eigenvalue weighted by atomic mass is 19.4. The number of nitrogens with zero attached hydrogens (tertiary/aromatic N) is 3. The molecule has 1 N–H and O–H groups in total. The van der Waals surface area contributed by atoms with Crippen LogP contribution in [0, 0.1) is 0 Å². The smallest absolute Gasteiger partial charge is 0.348 e. The molecule has 1 aliphatic heterocycles. The summed E-state index contributed by atoms with van der Waals surface area (Å²) in [5, 5.41) is 6.21. The number of rotatable bonds is 7. The molecule has 0 aliphatic carbocycles. The number of piperidine rings is 1. The molecular weight excluding hydrogens is 420 g/mol. The van der Waals surface area contributed by atoms with Gasteiger partial charge in [-0.25, -0.2) is 4.39 Å². The number of hydrogen-bond acceptors (Lipinski definition) is 6. The largest absolute Gasteiger partial charge is 0.471 e. The van der Waals surface area contributed by atoms with Crippen molar-refractivity contribution < 1.29 is 31.6 Å². The number of carbonyl (C=O) groups is 1. The Bertz CT molecular complexity index is 870. The summed E-state index contributed by atoms with van der Waals surface area (Å²) in [5.74, 6) is -1.95. The van der Waals surface area contributed by atoms with Gasteiger partial charge < -0.3 is 14.6 Å². The minimum Gasteiger partial charge on any atom is -0.348 e. The highest BCUT2D eigenvalue weighted by molar-refractivity contribution is 5.94. The van der Waals surface area contributed by atoms with Crippen LogP contribution in [0.1, 0.15) is 42.9 Å². The molecule has 1 aromatic carbocycles. The number of carbonyl (C=O) groups excluding carboxylic acids is 1. The van der Waals surface area contributed by atoms with E-state index in [1.54, 1.807) is 0 Å². The molecule has 1 aromatic heterocycles. The highest BCUT2D eigenvalue weighted by Gasteiger charge is 2.38. The van der Waals surface area contributed by atoms with Gasteiger partial charge in [0.05, 0.1) is 6.10 Å². The monoisotopic (exact) mass is 444 g/mol. The fourth-order valence-corrected chi connectivity index (χ4v) is 3.52. The molecule has 1 amide bonds. The average molecular weight is 444 g/mol. The van der Waals surface area contributed by atoms with E-state index in [9.17, 15) is 22.4 Å². The van der Waals surface area contributed by atoms with Gasteiger partial charge in [0.1, 0.15) is 0 Å². The maximum absolute atomic E-state index is 13.1. The molecule has 31 heavy (non-hydrogen) atoms. The fraction of sp³-hybridized carbons (Fsp3) is 0.550. The van der Waals surface area contributed by atoms with Gasteiger partial charge in [0.25, 0.3) is 5.91 Å². The first-order chi connectivity index (χ1) is 14.6. The number of likely N-dealkylation sites (tertiary alicyclic amines) is 1. The van der Waals surface area contributed by atoms with Crippen LogP contribution in [0.5, 0.6) is 0 Å². The molecule has 2 unspecified atom stereocenters. The van der Waals surface area contributed by atoms with E-state index < -0.39 is 18.4 Å². The van der Waals surface area contributed by atoms with Crippen LogP contribution in [-0.2, 0) is 10.9 Å². The number of aromatic nitrogens is 2. The summed E-state index contributed by atoms with van der Waals surface area (Å²) in [4.78, 5) is 17.9. The van der Waals surface area contributed by atoms with Crippen LogP contribution in [0.2, 0.25) is 0 Å². The zero-order valence-electron chi connectivity index (χ0n) is 17.2. The number of amides is 1. The second-order valence-corrected chi connectivity index (χ2v) is 7.58. The van der Waals surface area contributed by atoms with Crippen molar-refractivity contribution in [2.75, 3.05) is 19.6 Å². The summed E-state index contributed by atoms with van der Waals surface area (Å²) < 4.78 is 60.3. The van der Waals surface area contributed by atoms with Gasteiger partial charge >= 0.3 is 12.1 Å². The third-order valence-electron chi connectivity index (χ3n) is 4.83. The van der Waals surface area contributed by atoms with E-state index in [0.29, 0.717) is 24.2 Å². The molecule has 2 aromatic rings. The van der Waals surface area contributed by atoms with E-state index in [-0.39, 0.29) is 23.9 Å². The van der Waals surface area contributed by atoms with Crippen molar-refractivity contribution in [3.63, 3.8) is 0 Å². The number of halogens is 4. The number of hydrogen-bond donors (Lipinski definition) is 1. The molecule has 1 fully saturated rings. The van der Waals surface area contributed by atoms with Gasteiger partial charge in [-0.15, -0.1) is 0 Å². The molecule has 0 bridgehead atoms. The van der Waals surface area contributed by atoms with Crippen LogP contribution in [0.3, 0.4) is 0 Å². The van der Waals surface area contributed by atoms with Gasteiger partial charge in [0.15, 0.2) is 6.36 Å². The summed E-state index contributed by atoms with van der Waals surface area (Å²) in [6.07, 6.45) is -4.48. The molecular formula is C20H24F4N4O3. The molecule has 3 rings (SSSR count). The standard InChI is InChI=1S/C20H24F4N4O3/c1-12(10-28-9-3-4-16(11-28)30-13(2)21)25-18(29)15-7-5-14(6-8-15)17-26-19(31-27-17)20(22,23)24/h5-8,12-13,16H,3-4,9-11H2,1-2H3,(H,25,29)/t12-,13?,16?/m1/s1. The normalized spacial score (nSPS) is 19.7. The van der Waals surface area contributed by atoms with E-state index in [2.05, 4.69) is 24.9 Å². The summed E-state index contributed by atoms with van der Waals surface area (Å²) in [5.41, 5.74) is 0.645. The van der Waals surface area contributed by atoms with E-state index in [0.717, 1.165) is 19.4 Å². The van der Waals surface area contributed by atoms with Crippen molar-refractivity contribution in [3.05, 3.63) is 35.7 Å². The molecule has 7 nitrogen and oxygen atoms in total. The van der Waals surface area contributed by atoms with E-state index in [1.165, 1.54) is 31.2 Å². The van der Waals surface area contributed by atoms with Crippen molar-refractivity contribution in [3.8, 4) is 11.4 Å². The van der Waals surface area contributed by atoms with E-state index in [1.807, 2.05) is 6.92 Å². The van der Waals surface area contributed by atoms with Gasteiger partial charge in [-0.1, -0.05) is 17.3 Å². The predicted octanol–water partition coefficient (Wildman–Crippen LogP) is 3.67. The first kappa shape index (κ1) is 23.1. The zero-order valence-corrected chi connectivity index (χ0v) is 17.2. The number of alkyl halides is 4. The Hall–Kier alpha value is -2.53. The zero-order chi connectivity index (χ0) is 22.6. The third-order valence-corrected chi connectivity index (χ3v) is 4.83. The Balaban J connectivity index is 1.54. The minimum atomic E-state index is -4.72. The molecule has 0 saturated carbocycles. The van der Waals surface area contributed by atoms with E-state index in [4.69, 9.17) is 4.74 Å². The average Bonchev–Trinajstić information content (AvgIpc) is 3.18. The Morgan fingerprint density at radius 1 is 1.32 bits per heavy atom. The van der Waals surface area contributed by atoms with Crippen molar-refractivity contribution in [2.45, 2.75) is 51.4 Å². The molecule has 2 heterocycles. The number of nitrogens with one attached hydrogen (secondary N) is 1. The third kappa shape index (κ3) is 6.47. The molecule has 0 spiro atoms. The van der Waals surface area contributed by atoms with Crippen LogP contribution in [0.15, 0.2) is 28.8 Å². The quantitative estimate of drug-likeness (QED) is 0.657. The fourth-order valence-electron chi connectivity index (χ4n) is 3.52. The Labute approximate surface area is 176 Å². The van der Waals surface area contributed by atoms with Crippen molar-refractivity contribution >= 4 is 5.91 Å². The van der Waals surface area contributed by atoms with Crippen LogP contribution in [-0.4, -0.2) is 59.1 Å². The second kappa shape index (κ2) is 9.73. The molecule has 1 saturated heterocycles. The lowest BCUT2D eigenvalue weighted by Gasteiger charge is -2.34. The van der Waals surface area contributed by atoms with Crippen molar-refractivity contribution in [1.29, 1.82) is 0 Å². The van der Waals surface area contributed by atoms with Gasteiger partial charge in [0.2, 0.25) is 5.82 Å². The van der Waals surface area contributed by atoms with Crippen LogP contribution in [0.4, 0.5) is 17.6 Å². The van der Waals surface area contributed by atoms with Crippen LogP contribution in [0.25, 0.3) is 11.4 Å². The van der Waals surface area contributed by atoms with E-state index >= 15 is 0 Å². The first-order valence-corrected chi connectivity index (χ1v) is 9.96. The number of ether oxygens (including phenoxy) is 1.